The van der Waals surface area contributed by atoms with Crippen molar-refractivity contribution in [2.45, 2.75) is 26.2 Å². The van der Waals surface area contributed by atoms with Crippen LogP contribution in [0.3, 0.4) is 0 Å². The Labute approximate surface area is 265 Å². The van der Waals surface area contributed by atoms with Crippen LogP contribution < -0.4 is 0 Å². The zero-order valence-corrected chi connectivity index (χ0v) is 25.2. The van der Waals surface area contributed by atoms with Crippen molar-refractivity contribution in [2.24, 2.45) is 9.98 Å². The van der Waals surface area contributed by atoms with E-state index in [0.29, 0.717) is 0 Å². The molecule has 46 heavy (non-hydrogen) atoms. The van der Waals surface area contributed by atoms with E-state index in [0.717, 1.165) is 45.9 Å². The second-order valence-electron chi connectivity index (χ2n) is 9.51. The number of hydrogen-bond donors (Lipinski definition) is 0. The third-order valence-electron chi connectivity index (χ3n) is 6.51. The molecule has 0 fully saturated rings. The number of benzene rings is 4. The molecule has 0 aliphatic heterocycles. The Morgan fingerprint density at radius 3 is 1.20 bits per heavy atom. The van der Waals surface area contributed by atoms with Gasteiger partial charge in [0.05, 0.1) is 43.5 Å². The first-order valence-corrected chi connectivity index (χ1v) is 15.1. The number of nitrogens with zero attached hydrogens (tertiary/aromatic N) is 4. The fourth-order valence-electron chi connectivity index (χ4n) is 4.02. The fourth-order valence-corrected chi connectivity index (χ4v) is 6.19. The van der Waals surface area contributed by atoms with Crippen molar-refractivity contribution in [3.63, 3.8) is 0 Å². The molecular formula is C30H20F6N4O4S2. The highest BCUT2D eigenvalue weighted by molar-refractivity contribution is 8.87. The topological polar surface area (TPSA) is 111 Å². The van der Waals surface area contributed by atoms with Crippen LogP contribution in [0.25, 0.3) is 0 Å². The van der Waals surface area contributed by atoms with Crippen LogP contribution in [-0.2, 0) is 12.4 Å². The van der Waals surface area contributed by atoms with Gasteiger partial charge in [-0.15, -0.1) is 0 Å². The maximum atomic E-state index is 13.3. The molecule has 0 saturated carbocycles. The van der Waals surface area contributed by atoms with E-state index in [2.05, 4.69) is 9.98 Å². The summed E-state index contributed by atoms with van der Waals surface area (Å²) in [6.45, 7) is 2.92. The molecule has 4 aromatic rings. The van der Waals surface area contributed by atoms with Crippen LogP contribution in [0.4, 0.5) is 49.1 Å². The van der Waals surface area contributed by atoms with E-state index in [1.165, 1.54) is 74.5 Å². The van der Waals surface area contributed by atoms with Gasteiger partial charge in [0.2, 0.25) is 0 Å². The number of aliphatic imine (C=N–C) groups is 2. The summed E-state index contributed by atoms with van der Waals surface area (Å²) in [6.07, 6.45) is -9.24. The predicted octanol–water partition coefficient (Wildman–Crippen LogP) is 10.4. The van der Waals surface area contributed by atoms with Gasteiger partial charge >= 0.3 is 12.4 Å². The average molecular weight is 679 g/mol. The molecule has 0 N–H and O–H groups in total. The summed E-state index contributed by atoms with van der Waals surface area (Å²) in [7, 11) is 1.77. The lowest BCUT2D eigenvalue weighted by Gasteiger charge is -2.13. The van der Waals surface area contributed by atoms with Crippen molar-refractivity contribution < 1.29 is 36.2 Å². The molecule has 0 aliphatic carbocycles. The van der Waals surface area contributed by atoms with Crippen molar-refractivity contribution in [2.75, 3.05) is 0 Å². The van der Waals surface area contributed by atoms with E-state index < -0.39 is 33.3 Å². The second kappa shape index (κ2) is 13.7. The van der Waals surface area contributed by atoms with Gasteiger partial charge in [-0.25, -0.2) is 9.98 Å². The highest BCUT2D eigenvalue weighted by Gasteiger charge is 2.31. The van der Waals surface area contributed by atoms with Crippen LogP contribution in [0.15, 0.2) is 94.9 Å². The molecule has 0 spiro atoms. The Balaban J connectivity index is 1.84. The fraction of sp³-hybridized carbons (Fsp3) is 0.133. The Hall–Kier alpha value is -4.70. The maximum absolute atomic E-state index is 13.3. The summed E-state index contributed by atoms with van der Waals surface area (Å²) >= 11 is 0. The van der Waals surface area contributed by atoms with E-state index >= 15 is 0 Å². The lowest BCUT2D eigenvalue weighted by Crippen LogP contribution is -2.06. The van der Waals surface area contributed by atoms with Gasteiger partial charge in [-0.2, -0.15) is 26.3 Å². The van der Waals surface area contributed by atoms with E-state index in [1.54, 1.807) is 0 Å². The van der Waals surface area contributed by atoms with Gasteiger partial charge in [-0.3, -0.25) is 20.2 Å². The molecule has 0 unspecified atom stereocenters. The molecule has 0 aromatic heterocycles. The van der Waals surface area contributed by atoms with Gasteiger partial charge in [0.15, 0.2) is 0 Å². The minimum Gasteiger partial charge on any atom is -0.258 e. The molecule has 0 heterocycles. The zero-order chi connectivity index (χ0) is 33.8. The van der Waals surface area contributed by atoms with Crippen molar-refractivity contribution in [1.29, 1.82) is 0 Å². The molecule has 0 amide bonds. The summed E-state index contributed by atoms with van der Waals surface area (Å²) in [5.41, 5.74) is -1.24. The van der Waals surface area contributed by atoms with Gasteiger partial charge < -0.3 is 0 Å². The van der Waals surface area contributed by atoms with Crippen LogP contribution in [0.5, 0.6) is 0 Å². The summed E-state index contributed by atoms with van der Waals surface area (Å²) in [5.74, 6) is 0. The SMILES string of the molecule is Cc1c(N=C(SSC(=Nc2cccc([N+](=O)[O-])c2C)c2ccc(C(F)(F)F)cc2)c2ccc(C(F)(F)F)cc2)cccc1[N+](=O)[O-]. The normalized spacial score (nSPS) is 12.7. The maximum Gasteiger partial charge on any atom is 0.416 e. The van der Waals surface area contributed by atoms with Crippen LogP contribution in [0.1, 0.15) is 33.4 Å². The van der Waals surface area contributed by atoms with Gasteiger partial charge in [-0.05, 0) is 71.8 Å². The Kier molecular flexibility index (Phi) is 10.2. The highest BCUT2D eigenvalue weighted by Crippen LogP contribution is 2.39. The number of halogens is 6. The molecule has 0 aliphatic rings. The summed E-state index contributed by atoms with van der Waals surface area (Å²) in [5, 5.41) is 23.2. The first-order chi connectivity index (χ1) is 21.6. The van der Waals surface area contributed by atoms with Crippen molar-refractivity contribution in [3.8, 4) is 0 Å². The van der Waals surface area contributed by atoms with E-state index in [1.807, 2.05) is 0 Å². The minimum absolute atomic E-state index is 0.0951. The molecule has 0 atom stereocenters. The second-order valence-corrected chi connectivity index (χ2v) is 11.6. The largest absolute Gasteiger partial charge is 0.416 e. The average Bonchev–Trinajstić information content (AvgIpc) is 2.99. The van der Waals surface area contributed by atoms with Gasteiger partial charge in [0.25, 0.3) is 11.4 Å². The first kappa shape index (κ1) is 34.2. The molecule has 0 radical (unpaired) electrons. The molecule has 8 nitrogen and oxygen atoms in total. The molecule has 4 aromatic carbocycles. The quantitative estimate of drug-likeness (QED) is 0.0501. The predicted molar refractivity (Wildman–Crippen MR) is 166 cm³/mol. The summed E-state index contributed by atoms with van der Waals surface area (Å²) in [4.78, 5) is 30.8. The van der Waals surface area contributed by atoms with Crippen molar-refractivity contribution >= 4 is 54.4 Å². The number of hydrogen-bond acceptors (Lipinski definition) is 8. The Morgan fingerprint density at radius 1 is 0.587 bits per heavy atom. The standard InChI is InChI=1S/C30H20F6N4O4S2/c1-17-23(5-3-7-25(17)39(41)42)37-27(19-9-13-21(14-10-19)29(31,32)33)45-46-28(20-11-15-22(16-12-20)30(34,35)36)38-24-6-4-8-26(18(24)2)40(43)44/h3-16H,1-2H3. The Morgan fingerprint density at radius 2 is 0.913 bits per heavy atom. The highest BCUT2D eigenvalue weighted by atomic mass is 33.1. The summed E-state index contributed by atoms with van der Waals surface area (Å²) < 4.78 is 79.6. The van der Waals surface area contributed by atoms with Gasteiger partial charge in [-0.1, -0.05) is 36.4 Å². The third kappa shape index (κ3) is 8.11. The molecule has 238 valence electrons. The van der Waals surface area contributed by atoms with Crippen LogP contribution in [-0.4, -0.2) is 19.9 Å². The third-order valence-corrected chi connectivity index (χ3v) is 8.76. The van der Waals surface area contributed by atoms with Crippen molar-refractivity contribution in [3.05, 3.63) is 139 Å². The minimum atomic E-state index is -4.62. The molecule has 4 rings (SSSR count). The first-order valence-electron chi connectivity index (χ1n) is 12.9. The van der Waals surface area contributed by atoms with E-state index in [4.69, 9.17) is 0 Å². The number of alkyl halides is 6. The van der Waals surface area contributed by atoms with Crippen LogP contribution >= 0.6 is 21.6 Å². The lowest BCUT2D eigenvalue weighted by molar-refractivity contribution is -0.385. The molecular weight excluding hydrogens is 658 g/mol. The number of rotatable bonds is 6. The zero-order valence-electron chi connectivity index (χ0n) is 23.6. The molecule has 0 saturated heterocycles. The van der Waals surface area contributed by atoms with Gasteiger partial charge in [0.1, 0.15) is 10.1 Å². The summed E-state index contributed by atoms with van der Waals surface area (Å²) in [6, 6.07) is 16.3. The number of nitro groups is 2. The monoisotopic (exact) mass is 678 g/mol. The smallest absolute Gasteiger partial charge is 0.258 e. The van der Waals surface area contributed by atoms with Gasteiger partial charge in [0, 0.05) is 23.3 Å². The van der Waals surface area contributed by atoms with E-state index in [-0.39, 0.29) is 55.1 Å². The van der Waals surface area contributed by atoms with Crippen LogP contribution in [0, 0.1) is 34.1 Å². The van der Waals surface area contributed by atoms with Crippen molar-refractivity contribution in [1.82, 2.24) is 0 Å². The molecule has 0 bridgehead atoms. The lowest BCUT2D eigenvalue weighted by atomic mass is 10.1. The number of nitro benzene ring substituents is 2. The van der Waals surface area contributed by atoms with Crippen LogP contribution in [0.2, 0.25) is 0 Å². The Bertz CT molecular complexity index is 1710. The molecule has 16 heteroatoms. The van der Waals surface area contributed by atoms with E-state index in [9.17, 15) is 46.6 Å².